The fraction of sp³-hybridized carbons (Fsp3) is 1.00. The molecule has 21 unspecified atom stereocenters. The number of hydrogen-bond donors (Lipinski definition) is 6. The van der Waals surface area contributed by atoms with E-state index in [9.17, 15) is 30.6 Å². The maximum Gasteiger partial charge on any atom is 0.178 e. The molecule has 6 N–H and O–H groups in total. The highest BCUT2D eigenvalue weighted by Crippen LogP contribution is 2.64. The molecule has 0 amide bonds. The molecular weight excluding hydrogens is 769 g/mol. The minimum Gasteiger partial charge on any atom is -0.396 e. The van der Waals surface area contributed by atoms with Crippen molar-refractivity contribution in [1.29, 1.82) is 0 Å². The van der Waals surface area contributed by atoms with Gasteiger partial charge in [0.1, 0.15) is 0 Å². The van der Waals surface area contributed by atoms with Crippen LogP contribution in [0.1, 0.15) is 90.4 Å². The van der Waals surface area contributed by atoms with E-state index in [1.165, 1.54) is 38.5 Å². The molecule has 9 aliphatic carbocycles. The van der Waals surface area contributed by atoms with Crippen molar-refractivity contribution in [2.75, 3.05) is 79.3 Å². The molecular formula is C48H80O12. The first-order valence-electron chi connectivity index (χ1n) is 24.6. The highest BCUT2D eigenvalue weighted by molar-refractivity contribution is 5.07. The number of aliphatic hydroxyl groups is 6. The van der Waals surface area contributed by atoms with E-state index in [4.69, 9.17) is 28.4 Å². The first-order valence-corrected chi connectivity index (χ1v) is 24.6. The van der Waals surface area contributed by atoms with Crippen LogP contribution in [0, 0.1) is 112 Å². The van der Waals surface area contributed by atoms with E-state index in [1.807, 2.05) is 6.92 Å². The van der Waals surface area contributed by atoms with Crippen molar-refractivity contribution in [2.24, 2.45) is 112 Å². The molecule has 6 bridgehead atoms. The predicted molar refractivity (Wildman–Crippen MR) is 221 cm³/mol. The molecule has 21 atom stereocenters. The van der Waals surface area contributed by atoms with Gasteiger partial charge in [0.2, 0.25) is 0 Å². The molecule has 9 aliphatic rings. The second-order valence-electron chi connectivity index (χ2n) is 22.3. The highest BCUT2D eigenvalue weighted by Gasteiger charge is 2.58. The van der Waals surface area contributed by atoms with E-state index in [0.717, 1.165) is 74.0 Å². The van der Waals surface area contributed by atoms with Crippen LogP contribution in [0.2, 0.25) is 0 Å². The van der Waals surface area contributed by atoms with Crippen LogP contribution in [0.25, 0.3) is 0 Å². The Bertz CT molecular complexity index is 1300. The monoisotopic (exact) mass is 849 g/mol. The van der Waals surface area contributed by atoms with Gasteiger partial charge in [0.05, 0.1) is 59.5 Å². The summed E-state index contributed by atoms with van der Waals surface area (Å²) in [6.07, 6.45) is 11.6. The smallest absolute Gasteiger partial charge is 0.178 e. The van der Waals surface area contributed by atoms with Crippen LogP contribution in [0.15, 0.2) is 0 Å². The molecule has 0 heterocycles. The molecule has 12 nitrogen and oxygen atoms in total. The van der Waals surface area contributed by atoms with Crippen molar-refractivity contribution in [3.8, 4) is 0 Å². The van der Waals surface area contributed by atoms with Crippen molar-refractivity contribution in [2.45, 2.75) is 109 Å². The lowest BCUT2D eigenvalue weighted by Gasteiger charge is -2.34. The first kappa shape index (κ1) is 44.7. The Morgan fingerprint density at radius 1 is 0.417 bits per heavy atom. The Hall–Kier alpha value is -0.480. The van der Waals surface area contributed by atoms with E-state index in [0.29, 0.717) is 117 Å². The Labute approximate surface area is 358 Å². The average Bonchev–Trinajstić information content (AvgIpc) is 4.11. The molecule has 0 spiro atoms. The van der Waals surface area contributed by atoms with Gasteiger partial charge in [0.25, 0.3) is 0 Å². The molecule has 9 fully saturated rings. The van der Waals surface area contributed by atoms with Crippen LogP contribution in [0.5, 0.6) is 0 Å². The fourth-order valence-corrected chi connectivity index (χ4v) is 16.4. The van der Waals surface area contributed by atoms with Crippen LogP contribution in [-0.2, 0) is 28.4 Å². The van der Waals surface area contributed by atoms with E-state index >= 15 is 0 Å². The maximum atomic E-state index is 10.9. The van der Waals surface area contributed by atoms with Crippen LogP contribution in [0.4, 0.5) is 0 Å². The zero-order valence-corrected chi connectivity index (χ0v) is 36.4. The Morgan fingerprint density at radius 2 is 0.783 bits per heavy atom. The quantitative estimate of drug-likeness (QED) is 0.0720. The van der Waals surface area contributed by atoms with Gasteiger partial charge in [0, 0.05) is 25.2 Å². The van der Waals surface area contributed by atoms with E-state index in [2.05, 4.69) is 0 Å². The topological polar surface area (TPSA) is 177 Å². The molecule has 0 aliphatic heterocycles. The van der Waals surface area contributed by atoms with Gasteiger partial charge in [-0.1, -0.05) is 6.92 Å². The molecule has 9 saturated carbocycles. The standard InChI is InChI=1S/C48H80O12/c1-2-48(24-55-21-45(52)58-18-29-7-38-30-9-33(17-51)39(12-30)44(38)8-29,25-56-22-46(53)59-19-34-10-31-13-40(34)42-5-27(15-49)3-36(31)42)26-57-23-47(54)60-20-35-11-32-14-41(35)43-6-28(16-50)4-37(32)43/h27-47,49-54H,2-26H2,1H3. The predicted octanol–water partition coefficient (Wildman–Crippen LogP) is 4.31. The van der Waals surface area contributed by atoms with Gasteiger partial charge in [-0.15, -0.1) is 0 Å². The third-order valence-electron chi connectivity index (χ3n) is 19.1. The van der Waals surface area contributed by atoms with Crippen LogP contribution in [0.3, 0.4) is 0 Å². The molecule has 0 aromatic heterocycles. The Balaban J connectivity index is 0.720. The zero-order valence-electron chi connectivity index (χ0n) is 36.4. The molecule has 0 saturated heterocycles. The molecule has 9 rings (SSSR count). The molecule has 344 valence electrons. The first-order chi connectivity index (χ1) is 29.2. The minimum absolute atomic E-state index is 0.0194. The van der Waals surface area contributed by atoms with Gasteiger partial charge < -0.3 is 59.1 Å². The summed E-state index contributed by atoms with van der Waals surface area (Å²) in [6.45, 7) is 5.30. The molecule has 12 heteroatoms. The summed E-state index contributed by atoms with van der Waals surface area (Å²) in [5, 5.41) is 61.9. The summed E-state index contributed by atoms with van der Waals surface area (Å²) in [5.41, 5.74) is -0.610. The number of hydrogen-bond acceptors (Lipinski definition) is 12. The lowest BCUT2D eigenvalue weighted by Crippen LogP contribution is -2.40. The maximum absolute atomic E-state index is 10.9. The lowest BCUT2D eigenvalue weighted by atomic mass is 9.76. The van der Waals surface area contributed by atoms with Crippen molar-refractivity contribution in [3.63, 3.8) is 0 Å². The van der Waals surface area contributed by atoms with E-state index in [1.54, 1.807) is 0 Å². The number of ether oxygens (including phenoxy) is 6. The van der Waals surface area contributed by atoms with E-state index in [-0.39, 0.29) is 39.6 Å². The summed E-state index contributed by atoms with van der Waals surface area (Å²) in [7, 11) is 0. The van der Waals surface area contributed by atoms with Gasteiger partial charge in [-0.2, -0.15) is 0 Å². The van der Waals surface area contributed by atoms with Gasteiger partial charge in [-0.05, 0) is 190 Å². The number of aliphatic hydroxyl groups excluding tert-OH is 6. The second-order valence-corrected chi connectivity index (χ2v) is 22.3. The largest absolute Gasteiger partial charge is 0.396 e. The highest BCUT2D eigenvalue weighted by atomic mass is 16.6. The zero-order chi connectivity index (χ0) is 41.5. The van der Waals surface area contributed by atoms with Crippen LogP contribution < -0.4 is 0 Å². The summed E-state index contributed by atoms with van der Waals surface area (Å²) in [5.74, 6) is 11.2. The normalized spacial score (nSPS) is 45.6. The van der Waals surface area contributed by atoms with Gasteiger partial charge in [0.15, 0.2) is 18.9 Å². The molecule has 0 aromatic carbocycles. The average molecular weight is 849 g/mol. The van der Waals surface area contributed by atoms with Gasteiger partial charge in [-0.3, -0.25) is 0 Å². The van der Waals surface area contributed by atoms with Crippen LogP contribution >= 0.6 is 0 Å². The summed E-state index contributed by atoms with van der Waals surface area (Å²) in [6, 6.07) is 0. The third kappa shape index (κ3) is 9.31. The fourth-order valence-electron chi connectivity index (χ4n) is 16.4. The number of rotatable bonds is 25. The van der Waals surface area contributed by atoms with Gasteiger partial charge in [-0.25, -0.2) is 0 Å². The molecule has 0 radical (unpaired) electrons. The summed E-state index contributed by atoms with van der Waals surface area (Å²) < 4.78 is 36.4. The number of fused-ring (bicyclic) bond motifs is 15. The lowest BCUT2D eigenvalue weighted by molar-refractivity contribution is -0.184. The second kappa shape index (κ2) is 19.5. The van der Waals surface area contributed by atoms with Crippen molar-refractivity contribution >= 4 is 0 Å². The molecule has 60 heavy (non-hydrogen) atoms. The van der Waals surface area contributed by atoms with Crippen molar-refractivity contribution in [3.05, 3.63) is 0 Å². The van der Waals surface area contributed by atoms with Crippen molar-refractivity contribution < 1.29 is 59.1 Å². The Kier molecular flexibility index (Phi) is 14.6. The summed E-state index contributed by atoms with van der Waals surface area (Å²) >= 11 is 0. The van der Waals surface area contributed by atoms with E-state index < -0.39 is 24.3 Å². The van der Waals surface area contributed by atoms with Crippen LogP contribution in [-0.4, -0.2) is 129 Å². The summed E-state index contributed by atoms with van der Waals surface area (Å²) in [4.78, 5) is 0. The van der Waals surface area contributed by atoms with Gasteiger partial charge >= 0.3 is 0 Å². The minimum atomic E-state index is -1.05. The Morgan fingerprint density at radius 3 is 1.20 bits per heavy atom. The third-order valence-corrected chi connectivity index (χ3v) is 19.1. The SMILES string of the molecule is CCC(COCC(O)OCC1CC2C3CC(CO)C(C3)C2C1)(COCC(O)OCC1CC2CC1C1CC(CO)CC21)COCC(O)OCC1CC2CC1C1CC(CO)CC21. The van der Waals surface area contributed by atoms with Crippen molar-refractivity contribution in [1.82, 2.24) is 0 Å². The molecule has 0 aromatic rings.